The first-order valence-corrected chi connectivity index (χ1v) is 6.02. The van der Waals surface area contributed by atoms with E-state index in [1.807, 2.05) is 14.1 Å². The van der Waals surface area contributed by atoms with Crippen molar-refractivity contribution in [1.29, 1.82) is 0 Å². The Hall–Kier alpha value is -1.09. The van der Waals surface area contributed by atoms with Gasteiger partial charge in [-0.05, 0) is 33.3 Å². The lowest BCUT2D eigenvalue weighted by molar-refractivity contribution is 0.137. The van der Waals surface area contributed by atoms with Crippen LogP contribution in [0.5, 0.6) is 5.75 Å². The molecule has 0 fully saturated rings. The quantitative estimate of drug-likeness (QED) is 0.797. The second-order valence-electron chi connectivity index (χ2n) is 5.75. The third-order valence-electron chi connectivity index (χ3n) is 3.51. The SMILES string of the molecule is Cc1c(N)c(N(C)C)c(C)c2c1CC(C)(C)O2.Cl. The van der Waals surface area contributed by atoms with Crippen LogP contribution in [0.4, 0.5) is 11.4 Å². The van der Waals surface area contributed by atoms with E-state index in [1.54, 1.807) is 0 Å². The van der Waals surface area contributed by atoms with Crippen LogP contribution in [-0.2, 0) is 6.42 Å². The first-order valence-electron chi connectivity index (χ1n) is 6.02. The first-order chi connectivity index (χ1) is 7.74. The van der Waals surface area contributed by atoms with Gasteiger partial charge in [0.25, 0.3) is 0 Å². The lowest BCUT2D eigenvalue weighted by atomic mass is 9.94. The zero-order valence-electron chi connectivity index (χ0n) is 12.0. The van der Waals surface area contributed by atoms with Gasteiger partial charge in [-0.3, -0.25) is 0 Å². The Morgan fingerprint density at radius 2 is 1.72 bits per heavy atom. The van der Waals surface area contributed by atoms with Crippen LogP contribution in [0.15, 0.2) is 0 Å². The van der Waals surface area contributed by atoms with Crippen LogP contribution in [0.25, 0.3) is 0 Å². The Labute approximate surface area is 116 Å². The third kappa shape index (κ3) is 2.12. The molecule has 18 heavy (non-hydrogen) atoms. The summed E-state index contributed by atoms with van der Waals surface area (Å²) in [6, 6.07) is 0. The van der Waals surface area contributed by atoms with Crippen molar-refractivity contribution in [2.24, 2.45) is 0 Å². The van der Waals surface area contributed by atoms with Crippen molar-refractivity contribution in [3.05, 3.63) is 16.7 Å². The molecule has 0 atom stereocenters. The van der Waals surface area contributed by atoms with Gasteiger partial charge < -0.3 is 15.4 Å². The molecule has 1 aliphatic rings. The molecule has 0 unspecified atom stereocenters. The highest BCUT2D eigenvalue weighted by Gasteiger charge is 2.34. The van der Waals surface area contributed by atoms with Crippen molar-refractivity contribution in [1.82, 2.24) is 0 Å². The van der Waals surface area contributed by atoms with Crippen LogP contribution in [0, 0.1) is 13.8 Å². The first kappa shape index (κ1) is 15.0. The molecule has 1 aromatic carbocycles. The second-order valence-corrected chi connectivity index (χ2v) is 5.75. The maximum Gasteiger partial charge on any atom is 0.128 e. The molecule has 0 aliphatic carbocycles. The van der Waals surface area contributed by atoms with Crippen molar-refractivity contribution >= 4 is 23.8 Å². The van der Waals surface area contributed by atoms with E-state index < -0.39 is 0 Å². The van der Waals surface area contributed by atoms with Crippen molar-refractivity contribution < 1.29 is 4.74 Å². The minimum Gasteiger partial charge on any atom is -0.487 e. The van der Waals surface area contributed by atoms with E-state index >= 15 is 0 Å². The summed E-state index contributed by atoms with van der Waals surface area (Å²) in [6.07, 6.45) is 0.937. The van der Waals surface area contributed by atoms with Crippen LogP contribution in [-0.4, -0.2) is 19.7 Å². The number of hydrogen-bond acceptors (Lipinski definition) is 3. The molecule has 0 saturated carbocycles. The zero-order chi connectivity index (χ0) is 13.0. The molecule has 0 bridgehead atoms. The fourth-order valence-electron chi connectivity index (χ4n) is 2.71. The summed E-state index contributed by atoms with van der Waals surface area (Å²) < 4.78 is 6.07. The zero-order valence-corrected chi connectivity index (χ0v) is 12.9. The number of ether oxygens (including phenoxy) is 1. The molecular weight excluding hydrogens is 248 g/mol. The van der Waals surface area contributed by atoms with Gasteiger partial charge in [-0.15, -0.1) is 12.4 Å². The highest BCUT2D eigenvalue weighted by molar-refractivity contribution is 5.85. The molecular formula is C14H23ClN2O. The maximum absolute atomic E-state index is 6.25. The molecule has 0 spiro atoms. The number of hydrogen-bond donors (Lipinski definition) is 1. The van der Waals surface area contributed by atoms with Crippen molar-refractivity contribution in [2.45, 2.75) is 39.7 Å². The van der Waals surface area contributed by atoms with Gasteiger partial charge in [-0.2, -0.15) is 0 Å². The van der Waals surface area contributed by atoms with Crippen LogP contribution < -0.4 is 15.4 Å². The molecule has 0 radical (unpaired) electrons. The van der Waals surface area contributed by atoms with Crippen molar-refractivity contribution in [2.75, 3.05) is 24.7 Å². The highest BCUT2D eigenvalue weighted by atomic mass is 35.5. The Balaban J connectivity index is 0.00000162. The summed E-state index contributed by atoms with van der Waals surface area (Å²) in [6.45, 7) is 8.42. The molecule has 102 valence electrons. The summed E-state index contributed by atoms with van der Waals surface area (Å²) in [4.78, 5) is 2.06. The molecule has 1 heterocycles. The molecule has 0 amide bonds. The number of anilines is 2. The number of benzene rings is 1. The number of nitrogens with two attached hydrogens (primary N) is 1. The predicted molar refractivity (Wildman–Crippen MR) is 80.3 cm³/mol. The van der Waals surface area contributed by atoms with Crippen LogP contribution >= 0.6 is 12.4 Å². The van der Waals surface area contributed by atoms with Gasteiger partial charge in [0.1, 0.15) is 11.4 Å². The van der Waals surface area contributed by atoms with Crippen LogP contribution in [0.3, 0.4) is 0 Å². The molecule has 2 N–H and O–H groups in total. The average molecular weight is 271 g/mol. The molecule has 1 aliphatic heterocycles. The molecule has 3 nitrogen and oxygen atoms in total. The van der Waals surface area contributed by atoms with Gasteiger partial charge in [0.2, 0.25) is 0 Å². The van der Waals surface area contributed by atoms with Crippen LogP contribution in [0.2, 0.25) is 0 Å². The second kappa shape index (κ2) is 4.54. The van der Waals surface area contributed by atoms with Gasteiger partial charge in [0.15, 0.2) is 0 Å². The smallest absolute Gasteiger partial charge is 0.128 e. The van der Waals surface area contributed by atoms with Gasteiger partial charge in [0, 0.05) is 31.6 Å². The van der Waals surface area contributed by atoms with E-state index in [9.17, 15) is 0 Å². The van der Waals surface area contributed by atoms with Gasteiger partial charge >= 0.3 is 0 Å². The van der Waals surface area contributed by atoms with Gasteiger partial charge in [-0.1, -0.05) is 0 Å². The number of nitrogens with zero attached hydrogens (tertiary/aromatic N) is 1. The maximum atomic E-state index is 6.25. The molecule has 0 aromatic heterocycles. The Morgan fingerprint density at radius 1 is 1.17 bits per heavy atom. The Morgan fingerprint density at radius 3 is 2.22 bits per heavy atom. The standard InChI is InChI=1S/C14H22N2O.ClH/c1-8-10-7-14(3,4)17-13(10)9(2)12(11(8)15)16(5)6;/h7,15H2,1-6H3;1H. The largest absolute Gasteiger partial charge is 0.487 e. The molecule has 0 saturated heterocycles. The fourth-order valence-corrected chi connectivity index (χ4v) is 2.71. The van der Waals surface area contributed by atoms with E-state index in [-0.39, 0.29) is 18.0 Å². The molecule has 4 heteroatoms. The third-order valence-corrected chi connectivity index (χ3v) is 3.51. The summed E-state index contributed by atoms with van der Waals surface area (Å²) in [5.41, 5.74) is 11.7. The predicted octanol–water partition coefficient (Wildman–Crippen LogP) is 3.09. The normalized spacial score (nSPS) is 15.7. The van der Waals surface area contributed by atoms with Crippen LogP contribution in [0.1, 0.15) is 30.5 Å². The average Bonchev–Trinajstić information content (AvgIpc) is 2.51. The van der Waals surface area contributed by atoms with Crippen molar-refractivity contribution in [3.63, 3.8) is 0 Å². The fraction of sp³-hybridized carbons (Fsp3) is 0.571. The summed E-state index contributed by atoms with van der Waals surface area (Å²) in [5, 5.41) is 0. The Bertz CT molecular complexity index is 481. The van der Waals surface area contributed by atoms with E-state index in [2.05, 4.69) is 32.6 Å². The number of nitrogen functional groups attached to an aromatic ring is 1. The topological polar surface area (TPSA) is 38.5 Å². The van der Waals surface area contributed by atoms with E-state index in [0.717, 1.165) is 29.1 Å². The van der Waals surface area contributed by atoms with Crippen molar-refractivity contribution in [3.8, 4) is 5.75 Å². The number of fused-ring (bicyclic) bond motifs is 1. The van der Waals surface area contributed by atoms with Gasteiger partial charge in [-0.25, -0.2) is 0 Å². The van der Waals surface area contributed by atoms with E-state index in [1.165, 1.54) is 11.1 Å². The van der Waals surface area contributed by atoms with E-state index in [0.29, 0.717) is 0 Å². The minimum absolute atomic E-state index is 0. The molecule has 1 aromatic rings. The minimum atomic E-state index is -0.116. The summed E-state index contributed by atoms with van der Waals surface area (Å²) >= 11 is 0. The molecule has 2 rings (SSSR count). The van der Waals surface area contributed by atoms with Gasteiger partial charge in [0.05, 0.1) is 11.4 Å². The number of rotatable bonds is 1. The monoisotopic (exact) mass is 270 g/mol. The highest BCUT2D eigenvalue weighted by Crippen LogP contribution is 2.46. The summed E-state index contributed by atoms with van der Waals surface area (Å²) in [5.74, 6) is 1.03. The lowest BCUT2D eigenvalue weighted by Crippen LogP contribution is -2.25. The summed E-state index contributed by atoms with van der Waals surface area (Å²) in [7, 11) is 4.04. The Kier molecular flexibility index (Phi) is 3.78. The van der Waals surface area contributed by atoms with E-state index in [4.69, 9.17) is 10.5 Å². The lowest BCUT2D eigenvalue weighted by Gasteiger charge is -2.23. The number of halogens is 1.